The van der Waals surface area contributed by atoms with E-state index in [0.29, 0.717) is 35.8 Å². The van der Waals surface area contributed by atoms with Crippen LogP contribution in [0, 0.1) is 0 Å². The number of carbonyl (C=O) groups excluding carboxylic acids is 2. The van der Waals surface area contributed by atoms with E-state index in [1.807, 2.05) is 6.07 Å². The zero-order chi connectivity index (χ0) is 20.5. The van der Waals surface area contributed by atoms with E-state index in [2.05, 4.69) is 20.5 Å². The number of anilines is 2. The molecule has 1 aromatic heterocycles. The molecule has 0 unspecified atom stereocenters. The van der Waals surface area contributed by atoms with Crippen molar-refractivity contribution < 1.29 is 19.1 Å². The van der Waals surface area contributed by atoms with Crippen LogP contribution < -0.4 is 10.6 Å². The van der Waals surface area contributed by atoms with Gasteiger partial charge < -0.3 is 20.1 Å². The highest BCUT2D eigenvalue weighted by Crippen LogP contribution is 2.20. The maximum Gasteiger partial charge on any atom is 0.340 e. The lowest BCUT2D eigenvalue weighted by Gasteiger charge is -2.26. The molecule has 0 spiro atoms. The molecule has 0 atom stereocenters. The molecule has 1 saturated heterocycles. The van der Waals surface area contributed by atoms with Gasteiger partial charge in [0.1, 0.15) is 5.82 Å². The zero-order valence-corrected chi connectivity index (χ0v) is 16.5. The number of aromatic nitrogens is 1. The van der Waals surface area contributed by atoms with Crippen molar-refractivity contribution in [1.29, 1.82) is 0 Å². The van der Waals surface area contributed by atoms with E-state index >= 15 is 0 Å². The lowest BCUT2D eigenvalue weighted by Crippen LogP contribution is -2.41. The number of esters is 1. The summed E-state index contributed by atoms with van der Waals surface area (Å²) in [7, 11) is 0. The molecule has 2 aromatic rings. The molecular weight excluding hydrogens is 372 g/mol. The summed E-state index contributed by atoms with van der Waals surface area (Å²) >= 11 is 0. The van der Waals surface area contributed by atoms with Crippen molar-refractivity contribution in [3.05, 3.63) is 53.7 Å². The van der Waals surface area contributed by atoms with Crippen LogP contribution in [0.15, 0.2) is 42.6 Å². The molecule has 8 nitrogen and oxygen atoms in total. The molecule has 1 aromatic carbocycles. The molecule has 0 radical (unpaired) electrons. The fourth-order valence-electron chi connectivity index (χ4n) is 2.97. The Kier molecular flexibility index (Phi) is 7.54. The second-order valence-electron chi connectivity index (χ2n) is 6.53. The Labute approximate surface area is 170 Å². The van der Waals surface area contributed by atoms with Crippen LogP contribution in [0.5, 0.6) is 0 Å². The Hall–Kier alpha value is -2.97. The van der Waals surface area contributed by atoms with Gasteiger partial charge in [0.15, 0.2) is 0 Å². The third-order valence-corrected chi connectivity index (χ3v) is 4.53. The number of para-hydroxylation sites is 1. The van der Waals surface area contributed by atoms with E-state index in [9.17, 15) is 9.59 Å². The van der Waals surface area contributed by atoms with Crippen LogP contribution in [0.1, 0.15) is 27.6 Å². The molecular formula is C21H26N4O4. The van der Waals surface area contributed by atoms with Gasteiger partial charge in [-0.3, -0.25) is 9.69 Å². The first-order valence-corrected chi connectivity index (χ1v) is 9.75. The average molecular weight is 398 g/mol. The van der Waals surface area contributed by atoms with Gasteiger partial charge in [0, 0.05) is 32.4 Å². The van der Waals surface area contributed by atoms with Crippen LogP contribution in [0.4, 0.5) is 11.5 Å². The maximum atomic E-state index is 12.3. The Morgan fingerprint density at radius 1 is 1.17 bits per heavy atom. The summed E-state index contributed by atoms with van der Waals surface area (Å²) in [4.78, 5) is 30.9. The minimum atomic E-state index is -0.396. The Bertz CT molecular complexity index is 820. The molecule has 29 heavy (non-hydrogen) atoms. The van der Waals surface area contributed by atoms with Gasteiger partial charge in [0.2, 0.25) is 0 Å². The summed E-state index contributed by atoms with van der Waals surface area (Å²) in [5.41, 5.74) is 1.51. The van der Waals surface area contributed by atoms with Crippen molar-refractivity contribution in [2.45, 2.75) is 6.92 Å². The van der Waals surface area contributed by atoms with Crippen molar-refractivity contribution in [1.82, 2.24) is 15.2 Å². The first-order chi connectivity index (χ1) is 14.2. The minimum Gasteiger partial charge on any atom is -0.462 e. The van der Waals surface area contributed by atoms with Crippen molar-refractivity contribution >= 4 is 23.4 Å². The standard InChI is InChI=1S/C21H26N4O4/c1-2-29-21(27)17-5-3-4-6-18(17)24-19-8-7-16(15-23-19)20(26)22-9-10-25-11-13-28-14-12-25/h3-8,15H,2,9-14H2,1H3,(H,22,26)(H,23,24). The Morgan fingerprint density at radius 2 is 1.97 bits per heavy atom. The zero-order valence-electron chi connectivity index (χ0n) is 16.5. The van der Waals surface area contributed by atoms with Gasteiger partial charge in [-0.2, -0.15) is 0 Å². The summed E-state index contributed by atoms with van der Waals surface area (Å²) in [5.74, 6) is -0.0253. The molecule has 1 fully saturated rings. The quantitative estimate of drug-likeness (QED) is 0.658. The number of nitrogens with one attached hydrogen (secondary N) is 2. The largest absolute Gasteiger partial charge is 0.462 e. The molecule has 1 aliphatic rings. The number of nitrogens with zero attached hydrogens (tertiary/aromatic N) is 2. The third kappa shape index (κ3) is 6.00. The van der Waals surface area contributed by atoms with Crippen LogP contribution >= 0.6 is 0 Å². The Morgan fingerprint density at radius 3 is 2.69 bits per heavy atom. The molecule has 1 amide bonds. The second kappa shape index (κ2) is 10.5. The van der Waals surface area contributed by atoms with Crippen LogP contribution in [-0.2, 0) is 9.47 Å². The number of ether oxygens (including phenoxy) is 2. The predicted octanol–water partition coefficient (Wildman–Crippen LogP) is 2.06. The van der Waals surface area contributed by atoms with E-state index in [4.69, 9.17) is 9.47 Å². The summed E-state index contributed by atoms with van der Waals surface area (Å²) in [6.45, 7) is 6.72. The SMILES string of the molecule is CCOC(=O)c1ccccc1Nc1ccc(C(=O)NCCN2CCOCC2)cn1. The molecule has 0 bridgehead atoms. The van der Waals surface area contributed by atoms with Crippen LogP contribution in [0.25, 0.3) is 0 Å². The second-order valence-corrected chi connectivity index (χ2v) is 6.53. The highest BCUT2D eigenvalue weighted by atomic mass is 16.5. The normalized spacial score (nSPS) is 14.2. The van der Waals surface area contributed by atoms with E-state index in [-0.39, 0.29) is 5.91 Å². The van der Waals surface area contributed by atoms with Gasteiger partial charge in [-0.15, -0.1) is 0 Å². The number of amides is 1. The lowest BCUT2D eigenvalue weighted by atomic mass is 10.1. The first kappa shape index (κ1) is 20.8. The highest BCUT2D eigenvalue weighted by Gasteiger charge is 2.13. The first-order valence-electron chi connectivity index (χ1n) is 9.75. The van der Waals surface area contributed by atoms with Gasteiger partial charge in [-0.25, -0.2) is 9.78 Å². The van der Waals surface area contributed by atoms with E-state index in [1.54, 1.807) is 37.3 Å². The van der Waals surface area contributed by atoms with Crippen molar-refractivity contribution in [3.63, 3.8) is 0 Å². The van der Waals surface area contributed by atoms with Gasteiger partial charge in [-0.05, 0) is 31.2 Å². The van der Waals surface area contributed by atoms with Gasteiger partial charge in [-0.1, -0.05) is 12.1 Å². The third-order valence-electron chi connectivity index (χ3n) is 4.53. The van der Waals surface area contributed by atoms with Crippen LogP contribution in [0.2, 0.25) is 0 Å². The van der Waals surface area contributed by atoms with Gasteiger partial charge >= 0.3 is 5.97 Å². The highest BCUT2D eigenvalue weighted by molar-refractivity contribution is 5.96. The molecule has 8 heteroatoms. The summed E-state index contributed by atoms with van der Waals surface area (Å²) < 4.78 is 10.4. The lowest BCUT2D eigenvalue weighted by molar-refractivity contribution is 0.0383. The molecule has 3 rings (SSSR count). The molecule has 1 aliphatic heterocycles. The minimum absolute atomic E-state index is 0.163. The topological polar surface area (TPSA) is 92.8 Å². The van der Waals surface area contributed by atoms with Crippen molar-refractivity contribution in [2.24, 2.45) is 0 Å². The van der Waals surface area contributed by atoms with Gasteiger partial charge in [0.05, 0.1) is 36.6 Å². The van der Waals surface area contributed by atoms with E-state index < -0.39 is 5.97 Å². The van der Waals surface area contributed by atoms with E-state index in [0.717, 1.165) is 32.8 Å². The fourth-order valence-corrected chi connectivity index (χ4v) is 2.97. The Balaban J connectivity index is 1.55. The fraction of sp³-hybridized carbons (Fsp3) is 0.381. The number of hydrogen-bond acceptors (Lipinski definition) is 7. The van der Waals surface area contributed by atoms with Crippen LogP contribution in [0.3, 0.4) is 0 Å². The van der Waals surface area contributed by atoms with Crippen molar-refractivity contribution in [2.75, 3.05) is 51.3 Å². The number of rotatable bonds is 8. The number of benzene rings is 1. The number of morpholine rings is 1. The summed E-state index contributed by atoms with van der Waals surface area (Å²) in [6, 6.07) is 10.5. The summed E-state index contributed by atoms with van der Waals surface area (Å²) in [6.07, 6.45) is 1.51. The van der Waals surface area contributed by atoms with E-state index in [1.165, 1.54) is 6.20 Å². The molecule has 2 N–H and O–H groups in total. The van der Waals surface area contributed by atoms with Gasteiger partial charge in [0.25, 0.3) is 5.91 Å². The number of pyridine rings is 1. The molecule has 2 heterocycles. The molecule has 0 aliphatic carbocycles. The van der Waals surface area contributed by atoms with Crippen molar-refractivity contribution in [3.8, 4) is 0 Å². The number of carbonyl (C=O) groups is 2. The average Bonchev–Trinajstić information content (AvgIpc) is 2.75. The smallest absolute Gasteiger partial charge is 0.340 e. The molecule has 154 valence electrons. The summed E-state index contributed by atoms with van der Waals surface area (Å²) in [5, 5.41) is 6.01. The monoisotopic (exact) mass is 398 g/mol. The van der Waals surface area contributed by atoms with Crippen LogP contribution in [-0.4, -0.2) is 67.8 Å². The number of hydrogen-bond donors (Lipinski definition) is 2. The maximum absolute atomic E-state index is 12.3. The predicted molar refractivity (Wildman–Crippen MR) is 110 cm³/mol. The molecule has 0 saturated carbocycles.